The van der Waals surface area contributed by atoms with Gasteiger partial charge in [-0.15, -0.1) is 0 Å². The van der Waals surface area contributed by atoms with Crippen molar-refractivity contribution in [1.82, 2.24) is 4.90 Å². The van der Waals surface area contributed by atoms with Gasteiger partial charge in [-0.3, -0.25) is 4.79 Å². The van der Waals surface area contributed by atoms with Gasteiger partial charge < -0.3 is 14.7 Å². The summed E-state index contributed by atoms with van der Waals surface area (Å²) in [4.78, 5) is 23.3. The third-order valence-electron chi connectivity index (χ3n) is 2.23. The van der Waals surface area contributed by atoms with Crippen molar-refractivity contribution in [2.45, 2.75) is 0 Å². The molecule has 0 saturated heterocycles. The van der Waals surface area contributed by atoms with E-state index < -0.39 is 5.97 Å². The third kappa shape index (κ3) is 5.01. The van der Waals surface area contributed by atoms with Crippen LogP contribution in [-0.4, -0.2) is 42.6 Å². The van der Waals surface area contributed by atoms with Crippen molar-refractivity contribution in [2.75, 3.05) is 20.7 Å². The van der Waals surface area contributed by atoms with Gasteiger partial charge in [0.15, 0.2) is 6.61 Å². The van der Waals surface area contributed by atoms with Crippen LogP contribution in [0.2, 0.25) is 5.02 Å². The second kappa shape index (κ2) is 6.80. The number of nitrogens with zero attached hydrogens (tertiary/aromatic N) is 1. The van der Waals surface area contributed by atoms with Gasteiger partial charge in [0, 0.05) is 30.8 Å². The number of amides is 1. The van der Waals surface area contributed by atoms with Gasteiger partial charge in [0.25, 0.3) is 5.91 Å². The first kappa shape index (κ1) is 15.0. The molecule has 1 N–H and O–H groups in total. The van der Waals surface area contributed by atoms with Crippen LogP contribution in [0, 0.1) is 0 Å². The highest BCUT2D eigenvalue weighted by atomic mass is 35.5. The van der Waals surface area contributed by atoms with Gasteiger partial charge in [-0.1, -0.05) is 11.6 Å². The Kier molecular flexibility index (Phi) is 5.38. The fraction of sp³-hybridized carbons (Fsp3) is 0.231. The summed E-state index contributed by atoms with van der Waals surface area (Å²) in [5.74, 6) is -0.865. The predicted octanol–water partition coefficient (Wildman–Crippen LogP) is 1.90. The zero-order valence-corrected chi connectivity index (χ0v) is 11.3. The monoisotopic (exact) mass is 283 g/mol. The van der Waals surface area contributed by atoms with Crippen LogP contribution in [0.4, 0.5) is 0 Å². The summed E-state index contributed by atoms with van der Waals surface area (Å²) in [5, 5.41) is 9.06. The molecule has 6 heteroatoms. The lowest BCUT2D eigenvalue weighted by Crippen LogP contribution is -2.27. The summed E-state index contributed by atoms with van der Waals surface area (Å²) in [7, 11) is 3.25. The minimum absolute atomic E-state index is 0.122. The van der Waals surface area contributed by atoms with E-state index in [9.17, 15) is 9.59 Å². The van der Waals surface area contributed by atoms with Gasteiger partial charge in [0.05, 0.1) is 0 Å². The van der Waals surface area contributed by atoms with Crippen LogP contribution >= 0.6 is 11.6 Å². The molecule has 0 unspecified atom stereocenters. The molecule has 1 amide bonds. The molecule has 19 heavy (non-hydrogen) atoms. The molecule has 0 aliphatic carbocycles. The Bertz CT molecular complexity index is 511. The van der Waals surface area contributed by atoms with E-state index in [1.807, 2.05) is 0 Å². The molecule has 1 aromatic rings. The van der Waals surface area contributed by atoms with Gasteiger partial charge >= 0.3 is 5.97 Å². The van der Waals surface area contributed by atoms with Crippen molar-refractivity contribution in [3.8, 4) is 5.75 Å². The molecule has 1 aromatic carbocycles. The maximum Gasteiger partial charge on any atom is 0.328 e. The van der Waals surface area contributed by atoms with Crippen molar-refractivity contribution in [3.63, 3.8) is 0 Å². The van der Waals surface area contributed by atoms with E-state index >= 15 is 0 Å². The number of carboxylic acids is 1. The first-order valence-corrected chi connectivity index (χ1v) is 5.81. The normalized spacial score (nSPS) is 10.5. The van der Waals surface area contributed by atoms with E-state index in [2.05, 4.69) is 0 Å². The molecule has 0 saturated carbocycles. The first-order valence-electron chi connectivity index (χ1n) is 5.43. The van der Waals surface area contributed by atoms with Crippen LogP contribution in [0.25, 0.3) is 6.08 Å². The van der Waals surface area contributed by atoms with Crippen LogP contribution in [0.3, 0.4) is 0 Å². The summed E-state index contributed by atoms with van der Waals surface area (Å²) >= 11 is 5.83. The van der Waals surface area contributed by atoms with Crippen LogP contribution < -0.4 is 4.74 Å². The van der Waals surface area contributed by atoms with E-state index in [1.165, 1.54) is 11.0 Å². The summed E-state index contributed by atoms with van der Waals surface area (Å²) in [6.45, 7) is -0.122. The molecule has 0 bridgehead atoms. The molecule has 0 atom stereocenters. The van der Waals surface area contributed by atoms with Crippen molar-refractivity contribution in [3.05, 3.63) is 34.9 Å². The second-order valence-electron chi connectivity index (χ2n) is 3.93. The Morgan fingerprint density at radius 3 is 2.68 bits per heavy atom. The number of carbonyl (C=O) groups is 2. The van der Waals surface area contributed by atoms with Crippen molar-refractivity contribution in [2.24, 2.45) is 0 Å². The van der Waals surface area contributed by atoms with Gasteiger partial charge in [-0.2, -0.15) is 0 Å². The fourth-order valence-corrected chi connectivity index (χ4v) is 1.39. The summed E-state index contributed by atoms with van der Waals surface area (Å²) in [6, 6.07) is 4.76. The number of benzene rings is 1. The van der Waals surface area contributed by atoms with E-state index in [0.717, 1.165) is 6.08 Å². The average Bonchev–Trinajstić information content (AvgIpc) is 2.34. The predicted molar refractivity (Wildman–Crippen MR) is 72.3 cm³/mol. The smallest absolute Gasteiger partial charge is 0.328 e. The molecule has 0 heterocycles. The first-order chi connectivity index (χ1) is 8.90. The largest absolute Gasteiger partial charge is 0.483 e. The number of carbonyl (C=O) groups excluding carboxylic acids is 1. The number of ether oxygens (including phenoxy) is 1. The molecule has 0 aliphatic heterocycles. The minimum Gasteiger partial charge on any atom is -0.483 e. The Balaban J connectivity index is 2.88. The van der Waals surface area contributed by atoms with Crippen molar-refractivity contribution >= 4 is 29.6 Å². The van der Waals surface area contributed by atoms with Gasteiger partial charge in [0.1, 0.15) is 5.75 Å². The van der Waals surface area contributed by atoms with Crippen LogP contribution in [0.5, 0.6) is 5.75 Å². The number of hydrogen-bond acceptors (Lipinski definition) is 3. The number of likely N-dealkylation sites (N-methyl/N-ethyl adjacent to an activating group) is 1. The maximum atomic E-state index is 11.4. The Morgan fingerprint density at radius 2 is 2.11 bits per heavy atom. The molecule has 0 aromatic heterocycles. The molecule has 0 spiro atoms. The van der Waals surface area contributed by atoms with Gasteiger partial charge in [-0.25, -0.2) is 4.79 Å². The number of hydrogen-bond donors (Lipinski definition) is 1. The molecule has 1 rings (SSSR count). The molecule has 102 valence electrons. The number of carboxylic acid groups (broad SMARTS) is 1. The van der Waals surface area contributed by atoms with Gasteiger partial charge in [0.2, 0.25) is 0 Å². The average molecular weight is 284 g/mol. The minimum atomic E-state index is -1.07. The molecular formula is C13H14ClNO4. The maximum absolute atomic E-state index is 11.4. The highest BCUT2D eigenvalue weighted by Gasteiger charge is 2.08. The highest BCUT2D eigenvalue weighted by molar-refractivity contribution is 6.30. The SMILES string of the molecule is CN(C)C(=O)COc1ccc(Cl)cc1/C=C/C(=O)O. The summed E-state index contributed by atoms with van der Waals surface area (Å²) in [6.07, 6.45) is 2.34. The number of rotatable bonds is 5. The summed E-state index contributed by atoms with van der Waals surface area (Å²) in [5.41, 5.74) is 0.501. The standard InChI is InChI=1S/C13H14ClNO4/c1-15(2)12(16)8-19-11-5-4-10(14)7-9(11)3-6-13(17)18/h3-7H,8H2,1-2H3,(H,17,18)/b6-3+. The fourth-order valence-electron chi connectivity index (χ4n) is 1.21. The van der Waals surface area contributed by atoms with E-state index in [4.69, 9.17) is 21.4 Å². The lowest BCUT2D eigenvalue weighted by atomic mass is 10.2. The van der Waals surface area contributed by atoms with Crippen LogP contribution in [0.1, 0.15) is 5.56 Å². The highest BCUT2D eigenvalue weighted by Crippen LogP contribution is 2.24. The third-order valence-corrected chi connectivity index (χ3v) is 2.46. The zero-order chi connectivity index (χ0) is 14.4. The quantitative estimate of drug-likeness (QED) is 0.838. The molecule has 0 aliphatic rings. The van der Waals surface area contributed by atoms with Crippen LogP contribution in [0.15, 0.2) is 24.3 Å². The molecule has 0 radical (unpaired) electrons. The molecule has 0 fully saturated rings. The Morgan fingerprint density at radius 1 is 1.42 bits per heavy atom. The number of halogens is 1. The van der Waals surface area contributed by atoms with Gasteiger partial charge in [-0.05, 0) is 24.3 Å². The lowest BCUT2D eigenvalue weighted by Gasteiger charge is -2.13. The summed E-state index contributed by atoms with van der Waals surface area (Å²) < 4.78 is 5.35. The van der Waals surface area contributed by atoms with E-state index in [1.54, 1.807) is 32.3 Å². The Hall–Kier alpha value is -2.01. The second-order valence-corrected chi connectivity index (χ2v) is 4.37. The van der Waals surface area contributed by atoms with E-state index in [0.29, 0.717) is 16.3 Å². The van der Waals surface area contributed by atoms with Crippen molar-refractivity contribution in [1.29, 1.82) is 0 Å². The van der Waals surface area contributed by atoms with Crippen LogP contribution in [-0.2, 0) is 9.59 Å². The van der Waals surface area contributed by atoms with Crippen molar-refractivity contribution < 1.29 is 19.4 Å². The topological polar surface area (TPSA) is 66.8 Å². The molecular weight excluding hydrogens is 270 g/mol. The zero-order valence-electron chi connectivity index (χ0n) is 10.6. The molecule has 5 nitrogen and oxygen atoms in total. The van der Waals surface area contributed by atoms with E-state index in [-0.39, 0.29) is 12.5 Å². The lowest BCUT2D eigenvalue weighted by molar-refractivity contribution is -0.132. The number of aliphatic carboxylic acids is 1. The Labute approximate surface area is 116 Å².